The van der Waals surface area contributed by atoms with Crippen LogP contribution in [0.3, 0.4) is 0 Å². The van der Waals surface area contributed by atoms with E-state index >= 15 is 0 Å². The van der Waals surface area contributed by atoms with Gasteiger partial charge in [-0.15, -0.1) is 0 Å². The lowest BCUT2D eigenvalue weighted by Gasteiger charge is -2.08. The van der Waals surface area contributed by atoms with Crippen LogP contribution in [-0.2, 0) is 16.6 Å². The minimum absolute atomic E-state index is 0.660. The van der Waals surface area contributed by atoms with Gasteiger partial charge in [0.2, 0.25) is 0 Å². The van der Waals surface area contributed by atoms with Crippen molar-refractivity contribution in [1.82, 2.24) is 4.98 Å². The van der Waals surface area contributed by atoms with E-state index in [1.165, 1.54) is 0 Å². The van der Waals surface area contributed by atoms with E-state index in [2.05, 4.69) is 11.9 Å². The first kappa shape index (κ1) is 9.19. The molecule has 2 rings (SSSR count). The summed E-state index contributed by atoms with van der Waals surface area (Å²) in [5, 5.41) is 9.04. The van der Waals surface area contributed by atoms with E-state index in [4.69, 9.17) is 5.11 Å². The molecule has 3 nitrogen and oxygen atoms in total. The van der Waals surface area contributed by atoms with E-state index in [0.29, 0.717) is 5.69 Å². The molecule has 1 N–H and O–H groups in total. The highest BCUT2D eigenvalue weighted by molar-refractivity contribution is 5.84. The fourth-order valence-electron chi connectivity index (χ4n) is 1.62. The Labute approximate surface area is 82.8 Å². The van der Waals surface area contributed by atoms with Crippen molar-refractivity contribution in [2.24, 2.45) is 0 Å². The fraction of sp³-hybridized carbons (Fsp3) is 0.455. The summed E-state index contributed by atoms with van der Waals surface area (Å²) >= 11 is 0. The van der Waals surface area contributed by atoms with Crippen LogP contribution in [0.15, 0.2) is 18.3 Å². The van der Waals surface area contributed by atoms with Gasteiger partial charge in [0.15, 0.2) is 0 Å². The van der Waals surface area contributed by atoms with Gasteiger partial charge in [0.05, 0.1) is 5.69 Å². The van der Waals surface area contributed by atoms with Crippen molar-refractivity contribution in [2.75, 3.05) is 0 Å². The first-order valence-electron chi connectivity index (χ1n) is 4.88. The number of hydrogen-bond acceptors (Lipinski definition) is 2. The zero-order valence-electron chi connectivity index (χ0n) is 8.16. The monoisotopic (exact) mass is 191 g/mol. The smallest absolute Gasteiger partial charge is 0.315 e. The van der Waals surface area contributed by atoms with Crippen LogP contribution in [-0.4, -0.2) is 16.1 Å². The van der Waals surface area contributed by atoms with Crippen molar-refractivity contribution in [2.45, 2.75) is 31.6 Å². The van der Waals surface area contributed by atoms with Crippen LogP contribution in [0.4, 0.5) is 0 Å². The van der Waals surface area contributed by atoms with E-state index in [9.17, 15) is 4.79 Å². The highest BCUT2D eigenvalue weighted by atomic mass is 16.4. The third-order valence-corrected chi connectivity index (χ3v) is 2.88. The average Bonchev–Trinajstić information content (AvgIpc) is 2.99. The zero-order valence-corrected chi connectivity index (χ0v) is 8.16. The number of carboxylic acids is 1. The Hall–Kier alpha value is -1.38. The van der Waals surface area contributed by atoms with Crippen molar-refractivity contribution in [3.8, 4) is 0 Å². The summed E-state index contributed by atoms with van der Waals surface area (Å²) in [5.41, 5.74) is 1.20. The Morgan fingerprint density at radius 2 is 2.29 bits per heavy atom. The molecule has 1 heterocycles. The molecule has 1 aromatic heterocycles. The Bertz CT molecular complexity index is 352. The summed E-state index contributed by atoms with van der Waals surface area (Å²) in [5.74, 6) is -0.741. The number of aliphatic carboxylic acids is 1. The molecule has 0 saturated heterocycles. The van der Waals surface area contributed by atoms with Crippen LogP contribution < -0.4 is 0 Å². The first-order chi connectivity index (χ1) is 6.69. The molecule has 0 amide bonds. The van der Waals surface area contributed by atoms with Gasteiger partial charge in [0.1, 0.15) is 5.41 Å². The second-order valence-corrected chi connectivity index (χ2v) is 3.79. The van der Waals surface area contributed by atoms with Gasteiger partial charge in [-0.1, -0.05) is 13.0 Å². The maximum absolute atomic E-state index is 11.0. The van der Waals surface area contributed by atoms with Crippen LogP contribution in [0, 0.1) is 0 Å². The van der Waals surface area contributed by atoms with E-state index in [1.54, 1.807) is 6.20 Å². The minimum atomic E-state index is -0.741. The predicted molar refractivity (Wildman–Crippen MR) is 52.2 cm³/mol. The molecule has 1 aromatic rings. The Morgan fingerprint density at radius 3 is 2.64 bits per heavy atom. The van der Waals surface area contributed by atoms with Gasteiger partial charge in [0, 0.05) is 6.20 Å². The molecule has 0 unspecified atom stereocenters. The SMILES string of the molecule is CCc1ccc(C2(C(=O)O)CC2)nc1. The summed E-state index contributed by atoms with van der Waals surface area (Å²) in [4.78, 5) is 15.2. The van der Waals surface area contributed by atoms with Gasteiger partial charge in [-0.05, 0) is 30.9 Å². The molecule has 74 valence electrons. The zero-order chi connectivity index (χ0) is 10.2. The Balaban J connectivity index is 2.29. The number of rotatable bonds is 3. The molecule has 3 heteroatoms. The Morgan fingerprint density at radius 1 is 1.57 bits per heavy atom. The van der Waals surface area contributed by atoms with Gasteiger partial charge in [0.25, 0.3) is 0 Å². The predicted octanol–water partition coefficient (Wildman–Crippen LogP) is 1.76. The number of nitrogens with zero attached hydrogens (tertiary/aromatic N) is 1. The molecule has 0 bridgehead atoms. The average molecular weight is 191 g/mol. The van der Waals surface area contributed by atoms with Crippen LogP contribution in [0.5, 0.6) is 0 Å². The number of carbonyl (C=O) groups is 1. The molecule has 0 aromatic carbocycles. The van der Waals surface area contributed by atoms with E-state index in [1.807, 2.05) is 12.1 Å². The summed E-state index contributed by atoms with van der Waals surface area (Å²) in [7, 11) is 0. The molecular formula is C11H13NO2. The van der Waals surface area contributed by atoms with Crippen molar-refractivity contribution in [3.05, 3.63) is 29.6 Å². The third kappa shape index (κ3) is 1.29. The maximum atomic E-state index is 11.0. The molecule has 0 radical (unpaired) electrons. The number of hydrogen-bond donors (Lipinski definition) is 1. The second kappa shape index (κ2) is 3.08. The molecular weight excluding hydrogens is 178 g/mol. The topological polar surface area (TPSA) is 50.2 Å². The Kier molecular flexibility index (Phi) is 2.02. The van der Waals surface area contributed by atoms with Gasteiger partial charge in [-0.2, -0.15) is 0 Å². The molecule has 1 saturated carbocycles. The normalized spacial score (nSPS) is 17.8. The highest BCUT2D eigenvalue weighted by Crippen LogP contribution is 2.47. The molecule has 1 fully saturated rings. The summed E-state index contributed by atoms with van der Waals surface area (Å²) in [6.07, 6.45) is 4.16. The molecule has 0 spiro atoms. The molecule has 1 aliphatic rings. The second-order valence-electron chi connectivity index (χ2n) is 3.79. The summed E-state index contributed by atoms with van der Waals surface area (Å²) in [6, 6.07) is 3.81. The van der Waals surface area contributed by atoms with Crippen molar-refractivity contribution < 1.29 is 9.90 Å². The van der Waals surface area contributed by atoms with E-state index in [-0.39, 0.29) is 0 Å². The summed E-state index contributed by atoms with van der Waals surface area (Å²) < 4.78 is 0. The lowest BCUT2D eigenvalue weighted by molar-refractivity contribution is -0.140. The van der Waals surface area contributed by atoms with Crippen molar-refractivity contribution in [1.29, 1.82) is 0 Å². The summed E-state index contributed by atoms with van der Waals surface area (Å²) in [6.45, 7) is 2.06. The van der Waals surface area contributed by atoms with Crippen LogP contribution in [0.1, 0.15) is 31.0 Å². The highest BCUT2D eigenvalue weighted by Gasteiger charge is 2.52. The quantitative estimate of drug-likeness (QED) is 0.792. The number of aryl methyl sites for hydroxylation is 1. The lowest BCUT2D eigenvalue weighted by Crippen LogP contribution is -2.20. The first-order valence-corrected chi connectivity index (χ1v) is 4.88. The maximum Gasteiger partial charge on any atom is 0.315 e. The lowest BCUT2D eigenvalue weighted by atomic mass is 10.0. The van der Waals surface area contributed by atoms with Crippen LogP contribution in [0.25, 0.3) is 0 Å². The number of aromatic nitrogens is 1. The van der Waals surface area contributed by atoms with Crippen LogP contribution >= 0.6 is 0 Å². The third-order valence-electron chi connectivity index (χ3n) is 2.88. The minimum Gasteiger partial charge on any atom is -0.481 e. The van der Waals surface area contributed by atoms with Crippen molar-refractivity contribution >= 4 is 5.97 Å². The van der Waals surface area contributed by atoms with Gasteiger partial charge < -0.3 is 5.11 Å². The largest absolute Gasteiger partial charge is 0.481 e. The molecule has 0 atom stereocenters. The molecule has 1 aliphatic carbocycles. The standard InChI is InChI=1S/C11H13NO2/c1-2-8-3-4-9(12-7-8)11(5-6-11)10(13)14/h3-4,7H,2,5-6H2,1H3,(H,13,14). The van der Waals surface area contributed by atoms with Gasteiger partial charge in [-0.3, -0.25) is 9.78 Å². The fourth-order valence-corrected chi connectivity index (χ4v) is 1.62. The van der Waals surface area contributed by atoms with E-state index in [0.717, 1.165) is 24.8 Å². The van der Waals surface area contributed by atoms with E-state index < -0.39 is 11.4 Å². The van der Waals surface area contributed by atoms with Crippen LogP contribution in [0.2, 0.25) is 0 Å². The molecule has 0 aliphatic heterocycles. The number of carboxylic acid groups (broad SMARTS) is 1. The van der Waals surface area contributed by atoms with Crippen molar-refractivity contribution in [3.63, 3.8) is 0 Å². The molecule has 14 heavy (non-hydrogen) atoms. The number of pyridine rings is 1. The van der Waals surface area contributed by atoms with Gasteiger partial charge in [-0.25, -0.2) is 0 Å². The van der Waals surface area contributed by atoms with Gasteiger partial charge >= 0.3 is 5.97 Å².